The lowest BCUT2D eigenvalue weighted by Crippen LogP contribution is -2.31. The Labute approximate surface area is 309 Å². The first-order valence-electron chi connectivity index (χ1n) is 17.7. The van der Waals surface area contributed by atoms with Gasteiger partial charge in [-0.25, -0.2) is 5.48 Å². The largest absolute Gasteiger partial charge is 0.392 e. The van der Waals surface area contributed by atoms with E-state index in [9.17, 15) is 19.5 Å². The van der Waals surface area contributed by atoms with E-state index in [0.29, 0.717) is 31.6 Å². The van der Waals surface area contributed by atoms with Crippen LogP contribution in [0.1, 0.15) is 86.5 Å². The average molecular weight is 726 g/mol. The number of carbonyl (C=O) groups excluding carboxylic acids is 3. The van der Waals surface area contributed by atoms with Crippen LogP contribution in [-0.2, 0) is 37.0 Å². The van der Waals surface area contributed by atoms with Gasteiger partial charge in [-0.1, -0.05) is 85.6 Å². The van der Waals surface area contributed by atoms with E-state index in [2.05, 4.69) is 28.8 Å². The fourth-order valence-corrected chi connectivity index (χ4v) is 7.01. The number of nitrogens with one attached hydrogen (secondary N) is 3. The summed E-state index contributed by atoms with van der Waals surface area (Å²) in [6, 6.07) is 31.8. The van der Waals surface area contributed by atoms with E-state index < -0.39 is 6.29 Å². The number of carbonyl (C=O) groups is 3. The van der Waals surface area contributed by atoms with Crippen molar-refractivity contribution in [3.63, 3.8) is 0 Å². The van der Waals surface area contributed by atoms with Crippen molar-refractivity contribution in [2.24, 2.45) is 0 Å². The standard InChI is InChI=1S/C41H47N3O7S/c1-28(46)43-34-20-22-36(23-21-34)52-27-35-24-38(31-14-12-29(26-45)13-15-31)51-41(50-35)32-18-16-30(17-19-32)37-9-7-6-8-33(37)25-42-39(47)10-4-2-3-5-11-40(48)44-49/h6-9,12-23,35,38,41,45,49H,2-5,10-11,24-27H2,1H3,(H,42,47)(H,43,46)(H,44,48)/t35-,38+,41+/m0/s1. The SMILES string of the molecule is CC(=O)Nc1ccc(SC[C@@H]2C[C@H](c3ccc(CO)cc3)O[C@H](c3ccc(-c4ccccc4CNC(=O)CCCCCCC(=O)NO)cc3)O2)cc1. The average Bonchev–Trinajstić information content (AvgIpc) is 3.18. The second kappa shape index (κ2) is 19.9. The minimum absolute atomic E-state index is 0.0138. The number of hydrogen-bond donors (Lipinski definition) is 5. The number of hydroxylamine groups is 1. The number of aliphatic hydroxyl groups is 1. The predicted molar refractivity (Wildman–Crippen MR) is 201 cm³/mol. The highest BCUT2D eigenvalue weighted by Crippen LogP contribution is 2.40. The van der Waals surface area contributed by atoms with Gasteiger partial charge >= 0.3 is 0 Å². The lowest BCUT2D eigenvalue weighted by atomic mass is 9.97. The lowest BCUT2D eigenvalue weighted by molar-refractivity contribution is -0.245. The molecule has 0 bridgehead atoms. The Hall–Kier alpha value is -4.52. The van der Waals surface area contributed by atoms with E-state index in [1.807, 2.05) is 78.9 Å². The monoisotopic (exact) mass is 725 g/mol. The number of rotatable bonds is 17. The van der Waals surface area contributed by atoms with Gasteiger partial charge in [0.15, 0.2) is 6.29 Å². The highest BCUT2D eigenvalue weighted by atomic mass is 32.2. The third kappa shape index (κ3) is 11.8. The number of amides is 3. The van der Waals surface area contributed by atoms with Crippen molar-refractivity contribution in [2.45, 2.75) is 88.4 Å². The Morgan fingerprint density at radius 3 is 2.13 bits per heavy atom. The number of thioether (sulfide) groups is 1. The van der Waals surface area contributed by atoms with Gasteiger partial charge in [0.05, 0.1) is 18.8 Å². The Bertz CT molecular complexity index is 1750. The fraction of sp³-hybridized carbons (Fsp3) is 0.341. The van der Waals surface area contributed by atoms with Crippen LogP contribution < -0.4 is 16.1 Å². The quantitative estimate of drug-likeness (QED) is 0.0324. The van der Waals surface area contributed by atoms with Crippen molar-refractivity contribution in [3.8, 4) is 11.1 Å². The zero-order valence-electron chi connectivity index (χ0n) is 29.4. The molecule has 4 aromatic rings. The van der Waals surface area contributed by atoms with E-state index in [4.69, 9.17) is 14.7 Å². The van der Waals surface area contributed by atoms with E-state index in [0.717, 1.165) is 63.2 Å². The lowest BCUT2D eigenvalue weighted by Gasteiger charge is -2.36. The fourth-order valence-electron chi connectivity index (χ4n) is 6.09. The molecule has 0 saturated carbocycles. The van der Waals surface area contributed by atoms with Crippen molar-refractivity contribution >= 4 is 35.2 Å². The van der Waals surface area contributed by atoms with Crippen LogP contribution in [0, 0.1) is 0 Å². The molecule has 0 radical (unpaired) electrons. The minimum Gasteiger partial charge on any atom is -0.392 e. The van der Waals surface area contributed by atoms with Crippen molar-refractivity contribution in [2.75, 3.05) is 11.1 Å². The first-order chi connectivity index (χ1) is 25.3. The van der Waals surface area contributed by atoms with Crippen LogP contribution in [0.5, 0.6) is 0 Å². The normalized spacial score (nSPS) is 16.9. The Kier molecular flexibility index (Phi) is 14.8. The Morgan fingerprint density at radius 2 is 1.46 bits per heavy atom. The molecule has 5 N–H and O–H groups in total. The first kappa shape index (κ1) is 38.7. The molecule has 52 heavy (non-hydrogen) atoms. The van der Waals surface area contributed by atoms with Crippen molar-refractivity contribution in [1.82, 2.24) is 10.8 Å². The van der Waals surface area contributed by atoms with Crippen molar-refractivity contribution < 1.29 is 34.2 Å². The van der Waals surface area contributed by atoms with Crippen LogP contribution in [0.15, 0.2) is 102 Å². The van der Waals surface area contributed by atoms with E-state index >= 15 is 0 Å². The predicted octanol–water partition coefficient (Wildman–Crippen LogP) is 7.60. The molecule has 1 aliphatic heterocycles. The molecule has 1 fully saturated rings. The van der Waals surface area contributed by atoms with Crippen LogP contribution in [0.25, 0.3) is 11.1 Å². The maximum absolute atomic E-state index is 12.6. The topological polar surface area (TPSA) is 146 Å². The van der Waals surface area contributed by atoms with E-state index in [1.165, 1.54) is 6.92 Å². The molecule has 3 atom stereocenters. The van der Waals surface area contributed by atoms with Crippen LogP contribution in [-0.4, -0.2) is 39.9 Å². The summed E-state index contributed by atoms with van der Waals surface area (Å²) in [5.41, 5.74) is 8.23. The molecular weight excluding hydrogens is 679 g/mol. The number of unbranched alkanes of at least 4 members (excludes halogenated alkanes) is 3. The van der Waals surface area contributed by atoms with Crippen molar-refractivity contribution in [1.29, 1.82) is 0 Å². The van der Waals surface area contributed by atoms with Crippen molar-refractivity contribution in [3.05, 3.63) is 119 Å². The summed E-state index contributed by atoms with van der Waals surface area (Å²) >= 11 is 1.69. The van der Waals surface area contributed by atoms with Gasteiger partial charge in [-0.2, -0.15) is 0 Å². The van der Waals surface area contributed by atoms with Gasteiger partial charge in [-0.05, 0) is 64.9 Å². The highest BCUT2D eigenvalue weighted by Gasteiger charge is 2.32. The van der Waals surface area contributed by atoms with Gasteiger partial charge in [0, 0.05) is 54.6 Å². The maximum atomic E-state index is 12.6. The summed E-state index contributed by atoms with van der Waals surface area (Å²) in [7, 11) is 0. The summed E-state index contributed by atoms with van der Waals surface area (Å²) in [5.74, 6) is 0.206. The number of anilines is 1. The van der Waals surface area contributed by atoms with Crippen LogP contribution >= 0.6 is 11.8 Å². The highest BCUT2D eigenvalue weighted by molar-refractivity contribution is 7.99. The number of hydrogen-bond acceptors (Lipinski definition) is 8. The van der Waals surface area contributed by atoms with Gasteiger partial charge in [0.2, 0.25) is 17.7 Å². The van der Waals surface area contributed by atoms with E-state index in [1.54, 1.807) is 17.2 Å². The molecule has 3 amide bonds. The van der Waals surface area contributed by atoms with Gasteiger partial charge in [0.1, 0.15) is 0 Å². The second-order valence-electron chi connectivity index (χ2n) is 12.9. The zero-order valence-corrected chi connectivity index (χ0v) is 30.2. The molecule has 1 aliphatic rings. The van der Waals surface area contributed by atoms with Crippen LogP contribution in [0.2, 0.25) is 0 Å². The summed E-state index contributed by atoms with van der Waals surface area (Å²) in [6.45, 7) is 1.88. The molecule has 0 spiro atoms. The molecule has 0 aliphatic carbocycles. The third-order valence-corrected chi connectivity index (χ3v) is 10.0. The molecule has 1 saturated heterocycles. The van der Waals surface area contributed by atoms with Crippen LogP contribution in [0.3, 0.4) is 0 Å². The molecule has 1 heterocycles. The molecule has 10 nitrogen and oxygen atoms in total. The number of aliphatic hydroxyl groups excluding tert-OH is 1. The molecule has 5 rings (SSSR count). The van der Waals surface area contributed by atoms with Crippen LogP contribution in [0.4, 0.5) is 5.69 Å². The molecule has 0 aromatic heterocycles. The Balaban J connectivity index is 1.22. The minimum atomic E-state index is -0.584. The Morgan fingerprint density at radius 1 is 0.788 bits per heavy atom. The number of ether oxygens (including phenoxy) is 2. The summed E-state index contributed by atoms with van der Waals surface area (Å²) in [4.78, 5) is 36.2. The van der Waals surface area contributed by atoms with Gasteiger partial charge < -0.3 is 25.2 Å². The third-order valence-electron chi connectivity index (χ3n) is 8.90. The smallest absolute Gasteiger partial charge is 0.243 e. The maximum Gasteiger partial charge on any atom is 0.243 e. The second-order valence-corrected chi connectivity index (χ2v) is 14.0. The first-order valence-corrected chi connectivity index (χ1v) is 18.7. The van der Waals surface area contributed by atoms with E-state index in [-0.39, 0.29) is 43.0 Å². The molecule has 274 valence electrons. The molecule has 0 unspecified atom stereocenters. The number of benzene rings is 4. The zero-order chi connectivity index (χ0) is 36.7. The van der Waals surface area contributed by atoms with Gasteiger partial charge in [0.25, 0.3) is 0 Å². The summed E-state index contributed by atoms with van der Waals surface area (Å²) < 4.78 is 13.1. The molecular formula is C41H47N3O7S. The molecule has 4 aromatic carbocycles. The summed E-state index contributed by atoms with van der Waals surface area (Å²) in [5, 5.41) is 24.0. The van der Waals surface area contributed by atoms with Gasteiger partial charge in [-0.15, -0.1) is 11.8 Å². The molecule has 11 heteroatoms. The van der Waals surface area contributed by atoms with Gasteiger partial charge in [-0.3, -0.25) is 19.6 Å². The summed E-state index contributed by atoms with van der Waals surface area (Å²) in [6.07, 6.45) is 3.57.